The molecule has 24 heavy (non-hydrogen) atoms. The van der Waals surface area contributed by atoms with Gasteiger partial charge in [0.25, 0.3) is 0 Å². The summed E-state index contributed by atoms with van der Waals surface area (Å²) in [6.07, 6.45) is 0.660. The molecule has 0 radical (unpaired) electrons. The molecular weight excluding hydrogens is 328 g/mol. The van der Waals surface area contributed by atoms with Crippen molar-refractivity contribution in [3.63, 3.8) is 0 Å². The predicted octanol–water partition coefficient (Wildman–Crippen LogP) is 3.65. The Bertz CT molecular complexity index is 829. The molecule has 0 aliphatic carbocycles. The van der Waals surface area contributed by atoms with E-state index in [0.717, 1.165) is 21.8 Å². The zero-order valence-corrected chi connectivity index (χ0v) is 14.4. The molecule has 0 aromatic heterocycles. The molecule has 0 bridgehead atoms. The normalized spacial score (nSPS) is 13.0. The Kier molecular flexibility index (Phi) is 4.49. The highest BCUT2D eigenvalue weighted by atomic mass is 32.2. The highest BCUT2D eigenvalue weighted by molar-refractivity contribution is 7.99. The fourth-order valence-corrected chi connectivity index (χ4v) is 3.81. The number of carbonyl (C=O) groups is 2. The Morgan fingerprint density at radius 1 is 1.21 bits per heavy atom. The molecule has 6 heteroatoms. The molecule has 0 spiro atoms. The maximum absolute atomic E-state index is 12.5. The third-order valence-corrected chi connectivity index (χ3v) is 4.98. The van der Waals surface area contributed by atoms with Crippen LogP contribution in [0.2, 0.25) is 0 Å². The number of hydrogen-bond acceptors (Lipinski definition) is 6. The van der Waals surface area contributed by atoms with E-state index >= 15 is 0 Å². The fourth-order valence-electron chi connectivity index (χ4n) is 2.68. The number of fused-ring (bicyclic) bond motifs is 2. The second-order valence-corrected chi connectivity index (χ2v) is 6.36. The molecule has 1 aliphatic heterocycles. The van der Waals surface area contributed by atoms with Gasteiger partial charge in [0, 0.05) is 10.5 Å². The molecule has 2 aromatic carbocycles. The smallest absolute Gasteiger partial charge is 0.343 e. The molecule has 0 N–H and O–H groups in total. The maximum Gasteiger partial charge on any atom is 0.343 e. The van der Waals surface area contributed by atoms with Crippen LogP contribution in [-0.2, 0) is 11.3 Å². The SMILES string of the molecule is COc1cc(C)cc2c1Sc1ccc(C=O)c(OC)c1C(=O)OC2. The van der Waals surface area contributed by atoms with Gasteiger partial charge in [0.05, 0.1) is 24.7 Å². The van der Waals surface area contributed by atoms with E-state index in [2.05, 4.69) is 0 Å². The summed E-state index contributed by atoms with van der Waals surface area (Å²) >= 11 is 1.41. The van der Waals surface area contributed by atoms with Gasteiger partial charge >= 0.3 is 5.97 Å². The van der Waals surface area contributed by atoms with E-state index in [1.54, 1.807) is 19.2 Å². The number of rotatable bonds is 3. The zero-order valence-electron chi connectivity index (χ0n) is 13.5. The minimum absolute atomic E-state index is 0.132. The Balaban J connectivity index is 2.23. The van der Waals surface area contributed by atoms with Crippen molar-refractivity contribution in [2.24, 2.45) is 0 Å². The van der Waals surface area contributed by atoms with Crippen LogP contribution in [0.1, 0.15) is 31.8 Å². The standard InChI is InChI=1S/C18H16O5S/c1-10-6-12-9-23-18(20)15-14(24-17(12)13(7-10)21-2)5-4-11(8-19)16(15)22-3/h4-8H,9H2,1-3H3. The summed E-state index contributed by atoms with van der Waals surface area (Å²) in [5.41, 5.74) is 2.48. The molecule has 1 aliphatic rings. The number of aryl methyl sites for hydroxylation is 1. The van der Waals surface area contributed by atoms with Crippen LogP contribution in [0.3, 0.4) is 0 Å². The molecule has 0 atom stereocenters. The Labute approximate surface area is 143 Å². The molecule has 0 unspecified atom stereocenters. The Morgan fingerprint density at radius 3 is 2.67 bits per heavy atom. The molecular formula is C18H16O5S. The van der Waals surface area contributed by atoms with E-state index in [1.165, 1.54) is 18.9 Å². The van der Waals surface area contributed by atoms with Gasteiger partial charge in [-0.3, -0.25) is 4.79 Å². The molecule has 124 valence electrons. The van der Waals surface area contributed by atoms with Crippen LogP contribution in [0.5, 0.6) is 11.5 Å². The first-order chi connectivity index (χ1) is 11.6. The summed E-state index contributed by atoms with van der Waals surface area (Å²) < 4.78 is 16.2. The molecule has 0 saturated heterocycles. The molecule has 3 rings (SSSR count). The van der Waals surface area contributed by atoms with Crippen LogP contribution in [-0.4, -0.2) is 26.5 Å². The molecule has 5 nitrogen and oxygen atoms in total. The number of hydrogen-bond donors (Lipinski definition) is 0. The first-order valence-electron chi connectivity index (χ1n) is 7.27. The minimum atomic E-state index is -0.510. The zero-order chi connectivity index (χ0) is 17.3. The molecule has 2 aromatic rings. The van der Waals surface area contributed by atoms with Gasteiger partial charge in [0.2, 0.25) is 0 Å². The number of benzene rings is 2. The Morgan fingerprint density at radius 2 is 2.00 bits per heavy atom. The van der Waals surface area contributed by atoms with Crippen LogP contribution < -0.4 is 9.47 Å². The largest absolute Gasteiger partial charge is 0.496 e. The van der Waals surface area contributed by atoms with E-state index in [0.29, 0.717) is 16.7 Å². The highest BCUT2D eigenvalue weighted by Crippen LogP contribution is 2.44. The lowest BCUT2D eigenvalue weighted by molar-refractivity contribution is 0.0459. The number of esters is 1. The van der Waals surface area contributed by atoms with Gasteiger partial charge in [0.1, 0.15) is 23.7 Å². The summed E-state index contributed by atoms with van der Waals surface area (Å²) in [6.45, 7) is 2.09. The van der Waals surface area contributed by atoms with Gasteiger partial charge in [-0.2, -0.15) is 0 Å². The van der Waals surface area contributed by atoms with Crippen LogP contribution in [0.15, 0.2) is 34.1 Å². The summed E-state index contributed by atoms with van der Waals surface area (Å²) in [5, 5.41) is 0. The van der Waals surface area contributed by atoms with Crippen molar-refractivity contribution >= 4 is 24.0 Å². The summed E-state index contributed by atoms with van der Waals surface area (Å²) in [4.78, 5) is 25.2. The van der Waals surface area contributed by atoms with E-state index in [-0.39, 0.29) is 17.9 Å². The van der Waals surface area contributed by atoms with Gasteiger partial charge in [-0.05, 0) is 30.7 Å². The van der Waals surface area contributed by atoms with Crippen LogP contribution in [0.4, 0.5) is 0 Å². The van der Waals surface area contributed by atoms with Gasteiger partial charge in [-0.1, -0.05) is 17.8 Å². The van der Waals surface area contributed by atoms with Crippen LogP contribution >= 0.6 is 11.8 Å². The number of carbonyl (C=O) groups excluding carboxylic acids is 2. The van der Waals surface area contributed by atoms with Crippen molar-refractivity contribution in [2.75, 3.05) is 14.2 Å². The maximum atomic E-state index is 12.5. The van der Waals surface area contributed by atoms with Crippen molar-refractivity contribution in [2.45, 2.75) is 23.3 Å². The van der Waals surface area contributed by atoms with Crippen molar-refractivity contribution in [3.05, 3.63) is 46.5 Å². The van der Waals surface area contributed by atoms with Crippen molar-refractivity contribution < 1.29 is 23.8 Å². The number of aldehydes is 1. The molecule has 0 saturated carbocycles. The molecule has 1 heterocycles. The van der Waals surface area contributed by atoms with E-state index < -0.39 is 5.97 Å². The second kappa shape index (κ2) is 6.57. The van der Waals surface area contributed by atoms with Gasteiger partial charge < -0.3 is 14.2 Å². The van der Waals surface area contributed by atoms with E-state index in [4.69, 9.17) is 14.2 Å². The summed E-state index contributed by atoms with van der Waals surface area (Å²) in [7, 11) is 3.04. The average molecular weight is 344 g/mol. The van der Waals surface area contributed by atoms with Gasteiger partial charge in [0.15, 0.2) is 6.29 Å². The lowest BCUT2D eigenvalue weighted by Crippen LogP contribution is -2.13. The third-order valence-electron chi connectivity index (χ3n) is 3.75. The monoisotopic (exact) mass is 344 g/mol. The lowest BCUT2D eigenvalue weighted by Gasteiger charge is -2.21. The van der Waals surface area contributed by atoms with Crippen LogP contribution in [0, 0.1) is 6.92 Å². The quantitative estimate of drug-likeness (QED) is 0.626. The molecule has 0 amide bonds. The first-order valence-corrected chi connectivity index (χ1v) is 8.09. The fraction of sp³-hybridized carbons (Fsp3) is 0.222. The van der Waals surface area contributed by atoms with Gasteiger partial charge in [-0.15, -0.1) is 0 Å². The van der Waals surface area contributed by atoms with Gasteiger partial charge in [-0.25, -0.2) is 4.79 Å². The average Bonchev–Trinajstić information content (AvgIpc) is 2.58. The summed E-state index contributed by atoms with van der Waals surface area (Å²) in [6, 6.07) is 7.26. The van der Waals surface area contributed by atoms with Crippen LogP contribution in [0.25, 0.3) is 0 Å². The number of cyclic esters (lactones) is 1. The second-order valence-electron chi connectivity index (χ2n) is 5.31. The predicted molar refractivity (Wildman–Crippen MR) is 89.4 cm³/mol. The highest BCUT2D eigenvalue weighted by Gasteiger charge is 2.27. The first kappa shape index (κ1) is 16.4. The minimum Gasteiger partial charge on any atom is -0.496 e. The summed E-state index contributed by atoms with van der Waals surface area (Å²) in [5.74, 6) is 0.441. The number of methoxy groups -OCH3 is 2. The number of ether oxygens (including phenoxy) is 3. The third kappa shape index (κ3) is 2.73. The van der Waals surface area contributed by atoms with Crippen molar-refractivity contribution in [1.82, 2.24) is 0 Å². The Hall–Kier alpha value is -2.47. The molecule has 0 fully saturated rings. The lowest BCUT2D eigenvalue weighted by atomic mass is 10.1. The van der Waals surface area contributed by atoms with Crippen molar-refractivity contribution in [3.8, 4) is 11.5 Å². The van der Waals surface area contributed by atoms with Crippen molar-refractivity contribution in [1.29, 1.82) is 0 Å². The van der Waals surface area contributed by atoms with E-state index in [9.17, 15) is 9.59 Å². The van der Waals surface area contributed by atoms with E-state index in [1.807, 2.05) is 19.1 Å². The topological polar surface area (TPSA) is 61.8 Å².